The van der Waals surface area contributed by atoms with Gasteiger partial charge in [-0.1, -0.05) is 124 Å². The van der Waals surface area contributed by atoms with E-state index >= 15 is 0 Å². The second-order valence-electron chi connectivity index (χ2n) is 16.3. The molecular formula is C47H58IrNO2S-. The molecule has 5 heteroatoms. The molecule has 0 saturated carbocycles. The van der Waals surface area contributed by atoms with Gasteiger partial charge in [0.1, 0.15) is 0 Å². The number of thiophene rings is 1. The Morgan fingerprint density at radius 1 is 0.923 bits per heavy atom. The summed E-state index contributed by atoms with van der Waals surface area (Å²) in [6.45, 7) is 24.3. The van der Waals surface area contributed by atoms with Crippen LogP contribution >= 0.6 is 11.3 Å². The Balaban J connectivity index is 0.000000323. The van der Waals surface area contributed by atoms with Crippen molar-refractivity contribution in [2.75, 3.05) is 0 Å². The summed E-state index contributed by atoms with van der Waals surface area (Å²) >= 11 is 1.91. The molecule has 0 amide bonds. The molecule has 0 fully saturated rings. The van der Waals surface area contributed by atoms with Gasteiger partial charge >= 0.3 is 0 Å². The maximum absolute atomic E-state index is 11.7. The number of rotatable bonds is 10. The Hall–Kier alpha value is -3.11. The fourth-order valence-corrected chi connectivity index (χ4v) is 9.32. The maximum atomic E-state index is 11.7. The molecule has 1 N–H and O–H groups in total. The number of fused-ring (bicyclic) bond motifs is 6. The monoisotopic (exact) mass is 893 g/mol. The average Bonchev–Trinajstić information content (AvgIpc) is 3.58. The Morgan fingerprint density at radius 3 is 2.19 bits per heavy atom. The molecule has 1 aliphatic carbocycles. The van der Waals surface area contributed by atoms with Crippen molar-refractivity contribution < 1.29 is 30.0 Å². The van der Waals surface area contributed by atoms with Gasteiger partial charge in [0, 0.05) is 64.9 Å². The molecule has 1 radical (unpaired) electrons. The standard InChI is InChI=1S/C34H34NS.C13H24O2.Ir/c1-20(2)16-21-12-13-25-28(17-21)34(6,7)29-26-14-15-35-30(32(26)36-31(25)29)23-18-22-10-8-9-11-24(22)27(19-23)33(3,4)5;1-5-10(6-2)12(14)9-13(15)11(7-3)8-4;/h8-15,17,19-20H,16H2,1-7H3;9-11,14H,5-8H2,1-4H3;/q-1;;/b;12-9-;. The van der Waals surface area contributed by atoms with Crippen LogP contribution in [0, 0.1) is 23.8 Å². The first kappa shape index (κ1) is 41.6. The van der Waals surface area contributed by atoms with Crippen molar-refractivity contribution in [1.29, 1.82) is 0 Å². The first-order chi connectivity index (χ1) is 24.2. The van der Waals surface area contributed by atoms with Crippen molar-refractivity contribution in [3.05, 3.63) is 101 Å². The molecule has 0 spiro atoms. The van der Waals surface area contributed by atoms with Crippen molar-refractivity contribution in [3.63, 3.8) is 0 Å². The summed E-state index contributed by atoms with van der Waals surface area (Å²) in [5, 5.41) is 13.5. The van der Waals surface area contributed by atoms with Gasteiger partial charge in [-0.05, 0) is 77.1 Å². The molecule has 0 aliphatic heterocycles. The molecule has 3 nitrogen and oxygen atoms in total. The summed E-state index contributed by atoms with van der Waals surface area (Å²) in [5.41, 5.74) is 9.26. The van der Waals surface area contributed by atoms with Crippen LogP contribution in [0.2, 0.25) is 0 Å². The SMILES string of the molecule is CC(C)Cc1ccc2c(c1)C(C)(C)c1c-2sc2c(-c3[c-]c4ccccc4c(C(C)(C)C)c3)nccc12.CCC(CC)C(=O)/C=C(\O)C(CC)CC.[Ir]. The summed E-state index contributed by atoms with van der Waals surface area (Å²) in [5.74, 6) is 1.21. The van der Waals surface area contributed by atoms with Gasteiger partial charge in [-0.25, -0.2) is 0 Å². The van der Waals surface area contributed by atoms with E-state index in [1.807, 2.05) is 45.2 Å². The summed E-state index contributed by atoms with van der Waals surface area (Å²) in [6, 6.07) is 24.1. The first-order valence-corrected chi connectivity index (χ1v) is 19.9. The molecule has 3 aromatic carbocycles. The predicted octanol–water partition coefficient (Wildman–Crippen LogP) is 13.6. The van der Waals surface area contributed by atoms with Crippen LogP contribution in [0.3, 0.4) is 0 Å². The molecule has 279 valence electrons. The van der Waals surface area contributed by atoms with Crippen molar-refractivity contribution in [1.82, 2.24) is 4.98 Å². The zero-order valence-corrected chi connectivity index (χ0v) is 36.4. The Bertz CT molecular complexity index is 2050. The number of aliphatic hydroxyl groups excluding tert-OH is 1. The van der Waals surface area contributed by atoms with Gasteiger partial charge < -0.3 is 5.11 Å². The van der Waals surface area contributed by atoms with Crippen molar-refractivity contribution in [2.24, 2.45) is 17.8 Å². The van der Waals surface area contributed by atoms with Crippen molar-refractivity contribution >= 4 is 38.0 Å². The molecule has 0 saturated heterocycles. The third-order valence-corrected chi connectivity index (χ3v) is 12.0. The van der Waals surface area contributed by atoms with E-state index in [0.29, 0.717) is 5.92 Å². The van der Waals surface area contributed by atoms with Gasteiger partial charge in [0.25, 0.3) is 0 Å². The van der Waals surface area contributed by atoms with Crippen molar-refractivity contribution in [3.8, 4) is 21.7 Å². The quantitative estimate of drug-likeness (QED) is 0.0863. The number of hydrogen-bond acceptors (Lipinski definition) is 4. The summed E-state index contributed by atoms with van der Waals surface area (Å²) in [4.78, 5) is 18.1. The van der Waals surface area contributed by atoms with Crippen LogP contribution in [0.4, 0.5) is 0 Å². The van der Waals surface area contributed by atoms with Gasteiger partial charge in [-0.3, -0.25) is 9.78 Å². The fourth-order valence-electron chi connectivity index (χ4n) is 7.82. The van der Waals surface area contributed by atoms with Crippen LogP contribution in [0.15, 0.2) is 72.6 Å². The number of aromatic nitrogens is 1. The Morgan fingerprint density at radius 2 is 1.58 bits per heavy atom. The van der Waals surface area contributed by atoms with Crippen LogP contribution in [0.1, 0.15) is 124 Å². The van der Waals surface area contributed by atoms with Gasteiger partial charge in [0.05, 0.1) is 5.76 Å². The molecule has 0 bridgehead atoms. The van der Waals surface area contributed by atoms with Gasteiger partial charge in [-0.15, -0.1) is 40.5 Å². The molecule has 0 atom stereocenters. The number of ketones is 1. The second kappa shape index (κ2) is 16.9. The first-order valence-electron chi connectivity index (χ1n) is 19.1. The van der Waals surface area contributed by atoms with Gasteiger partial charge in [-0.2, -0.15) is 0 Å². The minimum atomic E-state index is -0.0296. The normalized spacial score (nSPS) is 13.7. The summed E-state index contributed by atoms with van der Waals surface area (Å²) in [7, 11) is 0. The summed E-state index contributed by atoms with van der Waals surface area (Å²) in [6.07, 6.45) is 8.02. The van der Waals surface area contributed by atoms with Gasteiger partial charge in [0.2, 0.25) is 0 Å². The minimum Gasteiger partial charge on any atom is -0.512 e. The van der Waals surface area contributed by atoms with Crippen LogP contribution in [-0.4, -0.2) is 15.9 Å². The van der Waals surface area contributed by atoms with E-state index in [4.69, 9.17) is 4.98 Å². The topological polar surface area (TPSA) is 50.2 Å². The van der Waals surface area contributed by atoms with E-state index in [9.17, 15) is 9.90 Å². The number of allylic oxidation sites excluding steroid dienone is 2. The molecule has 52 heavy (non-hydrogen) atoms. The number of aliphatic hydroxyl groups is 1. The Labute approximate surface area is 330 Å². The smallest absolute Gasteiger partial charge is 0.162 e. The molecule has 1 aliphatic rings. The third-order valence-electron chi connectivity index (χ3n) is 10.8. The predicted molar refractivity (Wildman–Crippen MR) is 220 cm³/mol. The van der Waals surface area contributed by atoms with E-state index in [2.05, 4.69) is 109 Å². The minimum absolute atomic E-state index is 0. The van der Waals surface area contributed by atoms with E-state index in [0.717, 1.165) is 48.7 Å². The zero-order chi connectivity index (χ0) is 37.2. The number of nitrogens with zero attached hydrogens (tertiary/aromatic N) is 1. The third kappa shape index (κ3) is 8.33. The van der Waals surface area contributed by atoms with Crippen LogP contribution in [-0.2, 0) is 42.2 Å². The molecular weight excluding hydrogens is 835 g/mol. The van der Waals surface area contributed by atoms with Crippen LogP contribution < -0.4 is 0 Å². The van der Waals surface area contributed by atoms with E-state index in [1.165, 1.54) is 54.2 Å². The zero-order valence-electron chi connectivity index (χ0n) is 33.2. The molecule has 0 unspecified atom stereocenters. The number of benzene rings is 3. The summed E-state index contributed by atoms with van der Waals surface area (Å²) < 4.78 is 1.28. The molecule has 2 aromatic heterocycles. The average molecular weight is 893 g/mol. The van der Waals surface area contributed by atoms with Crippen LogP contribution in [0.5, 0.6) is 0 Å². The van der Waals surface area contributed by atoms with E-state index < -0.39 is 0 Å². The number of carbonyl (C=O) groups is 1. The van der Waals surface area contributed by atoms with E-state index in [1.54, 1.807) is 0 Å². The van der Waals surface area contributed by atoms with E-state index in [-0.39, 0.29) is 54.3 Å². The number of pyridine rings is 1. The molecule has 2 heterocycles. The second-order valence-corrected chi connectivity index (χ2v) is 17.4. The number of hydrogen-bond donors (Lipinski definition) is 1. The van der Waals surface area contributed by atoms with Crippen LogP contribution in [0.25, 0.3) is 42.6 Å². The fraction of sp³-hybridized carbons (Fsp3) is 0.447. The Kier molecular flexibility index (Phi) is 13.5. The maximum Gasteiger partial charge on any atom is 0.162 e. The largest absolute Gasteiger partial charge is 0.512 e. The number of carbonyl (C=O) groups excluding carboxylic acids is 1. The molecule has 5 aromatic rings. The van der Waals surface area contributed by atoms with Gasteiger partial charge in [0.15, 0.2) is 5.78 Å². The van der Waals surface area contributed by atoms with Crippen molar-refractivity contribution in [2.45, 2.75) is 119 Å². The molecule has 6 rings (SSSR count).